The summed E-state index contributed by atoms with van der Waals surface area (Å²) in [6, 6.07) is 2.14. The maximum Gasteiger partial charge on any atom is 0.140 e. The minimum Gasteiger partial charge on any atom is -0.495 e. The second-order valence-corrected chi connectivity index (χ2v) is 3.35. The SMILES string of the molecule is COc1cnc(C2CC2)cc1C. The molecule has 1 heterocycles. The first-order valence-electron chi connectivity index (χ1n) is 4.32. The molecule has 0 atom stereocenters. The third-order valence-corrected chi connectivity index (χ3v) is 2.30. The van der Waals surface area contributed by atoms with Gasteiger partial charge < -0.3 is 4.74 Å². The van der Waals surface area contributed by atoms with Crippen LogP contribution in [-0.4, -0.2) is 12.1 Å². The molecule has 1 aliphatic rings. The third-order valence-electron chi connectivity index (χ3n) is 2.30. The van der Waals surface area contributed by atoms with Crippen molar-refractivity contribution < 1.29 is 4.74 Å². The van der Waals surface area contributed by atoms with Crippen LogP contribution in [0.25, 0.3) is 0 Å². The first kappa shape index (κ1) is 7.59. The van der Waals surface area contributed by atoms with E-state index < -0.39 is 0 Å². The zero-order valence-electron chi connectivity index (χ0n) is 7.50. The molecule has 0 spiro atoms. The lowest BCUT2D eigenvalue weighted by atomic mass is 10.2. The fraction of sp³-hybridized carbons (Fsp3) is 0.500. The number of aryl methyl sites for hydroxylation is 1. The summed E-state index contributed by atoms with van der Waals surface area (Å²) < 4.78 is 5.14. The lowest BCUT2D eigenvalue weighted by Gasteiger charge is -2.04. The summed E-state index contributed by atoms with van der Waals surface area (Å²) in [7, 11) is 1.68. The molecule has 2 rings (SSSR count). The van der Waals surface area contributed by atoms with E-state index in [0.29, 0.717) is 0 Å². The lowest BCUT2D eigenvalue weighted by Crippen LogP contribution is -1.92. The largest absolute Gasteiger partial charge is 0.495 e. The number of pyridine rings is 1. The number of aromatic nitrogens is 1. The molecule has 0 aromatic carbocycles. The Morgan fingerprint density at radius 3 is 2.75 bits per heavy atom. The second kappa shape index (κ2) is 2.77. The van der Waals surface area contributed by atoms with Crippen LogP contribution in [0, 0.1) is 6.92 Å². The van der Waals surface area contributed by atoms with Gasteiger partial charge in [-0.25, -0.2) is 0 Å². The van der Waals surface area contributed by atoms with Crippen LogP contribution in [0.5, 0.6) is 5.75 Å². The molecule has 1 aromatic heterocycles. The number of hydrogen-bond acceptors (Lipinski definition) is 2. The van der Waals surface area contributed by atoms with E-state index in [1.165, 1.54) is 24.1 Å². The molecular weight excluding hydrogens is 150 g/mol. The molecule has 64 valence electrons. The maximum absolute atomic E-state index is 5.14. The van der Waals surface area contributed by atoms with Gasteiger partial charge in [-0.05, 0) is 31.4 Å². The first-order chi connectivity index (χ1) is 5.81. The quantitative estimate of drug-likeness (QED) is 0.667. The third kappa shape index (κ3) is 1.29. The van der Waals surface area contributed by atoms with E-state index in [2.05, 4.69) is 18.0 Å². The highest BCUT2D eigenvalue weighted by Crippen LogP contribution is 2.39. The fourth-order valence-electron chi connectivity index (χ4n) is 1.38. The highest BCUT2D eigenvalue weighted by atomic mass is 16.5. The molecule has 0 bridgehead atoms. The molecule has 1 fully saturated rings. The smallest absolute Gasteiger partial charge is 0.140 e. The molecule has 2 nitrogen and oxygen atoms in total. The van der Waals surface area contributed by atoms with E-state index in [0.717, 1.165) is 11.7 Å². The molecule has 0 unspecified atom stereocenters. The molecule has 0 N–H and O–H groups in total. The lowest BCUT2D eigenvalue weighted by molar-refractivity contribution is 0.409. The normalized spacial score (nSPS) is 16.2. The van der Waals surface area contributed by atoms with Crippen LogP contribution >= 0.6 is 0 Å². The standard InChI is InChI=1S/C10H13NO/c1-7-5-9(8-3-4-8)11-6-10(7)12-2/h5-6,8H,3-4H2,1-2H3. The van der Waals surface area contributed by atoms with Gasteiger partial charge in [0.1, 0.15) is 5.75 Å². The Labute approximate surface area is 72.6 Å². The summed E-state index contributed by atoms with van der Waals surface area (Å²) in [5.41, 5.74) is 2.42. The summed E-state index contributed by atoms with van der Waals surface area (Å²) in [5.74, 6) is 1.62. The van der Waals surface area contributed by atoms with Crippen LogP contribution in [-0.2, 0) is 0 Å². The molecule has 1 aromatic rings. The van der Waals surface area contributed by atoms with Gasteiger partial charge in [-0.3, -0.25) is 4.98 Å². The summed E-state index contributed by atoms with van der Waals surface area (Å²) in [6.07, 6.45) is 4.43. The molecule has 0 saturated heterocycles. The van der Waals surface area contributed by atoms with Crippen LogP contribution in [0.2, 0.25) is 0 Å². The van der Waals surface area contributed by atoms with E-state index in [9.17, 15) is 0 Å². The fourth-order valence-corrected chi connectivity index (χ4v) is 1.38. The van der Waals surface area contributed by atoms with Crippen molar-refractivity contribution in [3.63, 3.8) is 0 Å². The summed E-state index contributed by atoms with van der Waals surface area (Å²) >= 11 is 0. The van der Waals surface area contributed by atoms with Gasteiger partial charge in [-0.2, -0.15) is 0 Å². The van der Waals surface area contributed by atoms with E-state index in [1.54, 1.807) is 7.11 Å². The molecular formula is C10H13NO. The van der Waals surface area contributed by atoms with Crippen molar-refractivity contribution >= 4 is 0 Å². The Morgan fingerprint density at radius 2 is 2.25 bits per heavy atom. The second-order valence-electron chi connectivity index (χ2n) is 3.35. The van der Waals surface area contributed by atoms with Crippen molar-refractivity contribution in [2.24, 2.45) is 0 Å². The van der Waals surface area contributed by atoms with Crippen LogP contribution in [0.4, 0.5) is 0 Å². The van der Waals surface area contributed by atoms with E-state index in [1.807, 2.05) is 6.20 Å². The van der Waals surface area contributed by atoms with E-state index >= 15 is 0 Å². The van der Waals surface area contributed by atoms with E-state index in [-0.39, 0.29) is 0 Å². The van der Waals surface area contributed by atoms with Gasteiger partial charge in [0, 0.05) is 11.6 Å². The minimum absolute atomic E-state index is 0.731. The number of rotatable bonds is 2. The Hall–Kier alpha value is -1.05. The number of ether oxygens (including phenoxy) is 1. The Balaban J connectivity index is 2.30. The maximum atomic E-state index is 5.14. The predicted molar refractivity (Wildman–Crippen MR) is 47.5 cm³/mol. The van der Waals surface area contributed by atoms with Crippen molar-refractivity contribution in [1.29, 1.82) is 0 Å². The van der Waals surface area contributed by atoms with Gasteiger partial charge in [0.25, 0.3) is 0 Å². The average molecular weight is 163 g/mol. The highest BCUT2D eigenvalue weighted by Gasteiger charge is 2.25. The highest BCUT2D eigenvalue weighted by molar-refractivity contribution is 5.33. The average Bonchev–Trinajstić information content (AvgIpc) is 2.86. The van der Waals surface area contributed by atoms with E-state index in [4.69, 9.17) is 4.74 Å². The van der Waals surface area contributed by atoms with Crippen molar-refractivity contribution in [1.82, 2.24) is 4.98 Å². The van der Waals surface area contributed by atoms with Crippen LogP contribution in [0.15, 0.2) is 12.3 Å². The minimum atomic E-state index is 0.731. The van der Waals surface area contributed by atoms with Crippen molar-refractivity contribution in [2.75, 3.05) is 7.11 Å². The zero-order chi connectivity index (χ0) is 8.55. The molecule has 2 heteroatoms. The Morgan fingerprint density at radius 1 is 1.50 bits per heavy atom. The van der Waals surface area contributed by atoms with Gasteiger partial charge in [0.15, 0.2) is 0 Å². The molecule has 1 saturated carbocycles. The number of hydrogen-bond donors (Lipinski definition) is 0. The first-order valence-corrected chi connectivity index (χ1v) is 4.32. The monoisotopic (exact) mass is 163 g/mol. The Bertz CT molecular complexity index is 292. The van der Waals surface area contributed by atoms with Crippen molar-refractivity contribution in [3.8, 4) is 5.75 Å². The molecule has 0 amide bonds. The topological polar surface area (TPSA) is 22.1 Å². The number of nitrogens with zero attached hydrogens (tertiary/aromatic N) is 1. The molecule has 0 radical (unpaired) electrons. The summed E-state index contributed by atoms with van der Waals surface area (Å²) in [6.45, 7) is 2.06. The summed E-state index contributed by atoms with van der Waals surface area (Å²) in [5, 5.41) is 0. The van der Waals surface area contributed by atoms with Crippen LogP contribution in [0.1, 0.15) is 30.0 Å². The molecule has 0 aliphatic heterocycles. The van der Waals surface area contributed by atoms with Crippen molar-refractivity contribution in [3.05, 3.63) is 23.5 Å². The molecule has 12 heavy (non-hydrogen) atoms. The van der Waals surface area contributed by atoms with Gasteiger partial charge in [-0.15, -0.1) is 0 Å². The van der Waals surface area contributed by atoms with Crippen LogP contribution < -0.4 is 4.74 Å². The van der Waals surface area contributed by atoms with Crippen molar-refractivity contribution in [2.45, 2.75) is 25.7 Å². The zero-order valence-corrected chi connectivity index (χ0v) is 7.50. The van der Waals surface area contributed by atoms with Gasteiger partial charge in [0.2, 0.25) is 0 Å². The summed E-state index contributed by atoms with van der Waals surface area (Å²) in [4.78, 5) is 4.35. The van der Waals surface area contributed by atoms with Gasteiger partial charge in [0.05, 0.1) is 13.3 Å². The van der Waals surface area contributed by atoms with Crippen LogP contribution in [0.3, 0.4) is 0 Å². The predicted octanol–water partition coefficient (Wildman–Crippen LogP) is 2.28. The Kier molecular flexibility index (Phi) is 1.75. The van der Waals surface area contributed by atoms with Gasteiger partial charge in [-0.1, -0.05) is 0 Å². The van der Waals surface area contributed by atoms with Gasteiger partial charge >= 0.3 is 0 Å². The number of methoxy groups -OCH3 is 1. The molecule has 1 aliphatic carbocycles.